The number of carbonyl (C=O) groups excluding carboxylic acids is 2. The molecule has 0 aromatic carbocycles. The molecule has 3 fully saturated rings. The van der Waals surface area contributed by atoms with Crippen molar-refractivity contribution in [2.75, 3.05) is 13.2 Å². The van der Waals surface area contributed by atoms with Gasteiger partial charge in [0.15, 0.2) is 5.60 Å². The summed E-state index contributed by atoms with van der Waals surface area (Å²) in [6, 6.07) is 0. The Balaban J connectivity index is 1.69. The van der Waals surface area contributed by atoms with E-state index in [-0.39, 0.29) is 18.0 Å². The molecule has 1 aliphatic carbocycles. The lowest BCUT2D eigenvalue weighted by Gasteiger charge is -2.54. The maximum absolute atomic E-state index is 12.7. The van der Waals surface area contributed by atoms with Gasteiger partial charge >= 0.3 is 11.9 Å². The van der Waals surface area contributed by atoms with Crippen LogP contribution in [0.5, 0.6) is 0 Å². The number of unbranched alkanes of at least 4 members (excludes halogenated alkanes) is 10. The Hall–Kier alpha value is -1.10. The summed E-state index contributed by atoms with van der Waals surface area (Å²) in [5.41, 5.74) is -1.08. The standard InChI is InChI=1S/C24H42O5/c1-3-5-7-9-11-13-18-27-22(25)21-20-16-15-17-24(21,29-20)23(26)28-19-14-12-10-8-6-4-2/h20-21H,3-19H2,1-2H3. The first kappa shape index (κ1) is 24.2. The smallest absolute Gasteiger partial charge is 0.339 e. The molecular weight excluding hydrogens is 368 g/mol. The van der Waals surface area contributed by atoms with Crippen LogP contribution in [0.2, 0.25) is 0 Å². The number of hydrogen-bond donors (Lipinski definition) is 0. The Bertz CT molecular complexity index is 488. The minimum Gasteiger partial charge on any atom is -0.465 e. The first-order valence-electron chi connectivity index (χ1n) is 12.2. The zero-order valence-corrected chi connectivity index (χ0v) is 18.7. The van der Waals surface area contributed by atoms with Crippen molar-refractivity contribution >= 4 is 11.9 Å². The first-order valence-corrected chi connectivity index (χ1v) is 12.2. The van der Waals surface area contributed by atoms with E-state index in [0.717, 1.165) is 38.5 Å². The van der Waals surface area contributed by atoms with Crippen molar-refractivity contribution in [1.29, 1.82) is 0 Å². The Morgan fingerprint density at radius 2 is 1.38 bits per heavy atom. The molecule has 5 nitrogen and oxygen atoms in total. The van der Waals surface area contributed by atoms with E-state index in [0.29, 0.717) is 19.6 Å². The van der Waals surface area contributed by atoms with Crippen molar-refractivity contribution < 1.29 is 23.8 Å². The highest BCUT2D eigenvalue weighted by Gasteiger charge is 2.67. The molecule has 29 heavy (non-hydrogen) atoms. The van der Waals surface area contributed by atoms with Crippen LogP contribution >= 0.6 is 0 Å². The van der Waals surface area contributed by atoms with Crippen molar-refractivity contribution in [2.45, 2.75) is 122 Å². The van der Waals surface area contributed by atoms with Crippen LogP contribution in [0.25, 0.3) is 0 Å². The number of hydrogen-bond acceptors (Lipinski definition) is 5. The summed E-state index contributed by atoms with van der Waals surface area (Å²) < 4.78 is 16.9. The van der Waals surface area contributed by atoms with Crippen LogP contribution in [0.3, 0.4) is 0 Å². The molecule has 2 aliphatic heterocycles. The van der Waals surface area contributed by atoms with Crippen LogP contribution in [-0.2, 0) is 23.8 Å². The molecule has 2 saturated heterocycles. The maximum Gasteiger partial charge on any atom is 0.339 e. The normalized spacial score (nSPS) is 25.3. The van der Waals surface area contributed by atoms with Gasteiger partial charge in [-0.3, -0.25) is 4.79 Å². The lowest BCUT2D eigenvalue weighted by molar-refractivity contribution is -0.284. The van der Waals surface area contributed by atoms with Crippen molar-refractivity contribution in [3.8, 4) is 0 Å². The van der Waals surface area contributed by atoms with Gasteiger partial charge in [0.2, 0.25) is 0 Å². The zero-order valence-electron chi connectivity index (χ0n) is 18.7. The maximum atomic E-state index is 12.7. The molecule has 3 atom stereocenters. The van der Waals surface area contributed by atoms with Gasteiger partial charge in [-0.25, -0.2) is 4.79 Å². The van der Waals surface area contributed by atoms with Gasteiger partial charge in [-0.05, 0) is 32.1 Å². The van der Waals surface area contributed by atoms with Crippen molar-refractivity contribution in [3.63, 3.8) is 0 Å². The van der Waals surface area contributed by atoms with Crippen LogP contribution < -0.4 is 0 Å². The average Bonchev–Trinajstić information content (AvgIpc) is 2.72. The van der Waals surface area contributed by atoms with Crippen molar-refractivity contribution in [1.82, 2.24) is 0 Å². The largest absolute Gasteiger partial charge is 0.465 e. The quantitative estimate of drug-likeness (QED) is 0.240. The molecule has 0 radical (unpaired) electrons. The van der Waals surface area contributed by atoms with E-state index in [1.165, 1.54) is 51.4 Å². The van der Waals surface area contributed by atoms with Gasteiger partial charge in [0.25, 0.3) is 0 Å². The molecule has 0 N–H and O–H groups in total. The summed E-state index contributed by atoms with van der Waals surface area (Å²) in [7, 11) is 0. The van der Waals surface area contributed by atoms with Crippen LogP contribution in [0.1, 0.15) is 110 Å². The van der Waals surface area contributed by atoms with Gasteiger partial charge in [-0.2, -0.15) is 0 Å². The number of rotatable bonds is 16. The molecule has 1 saturated carbocycles. The van der Waals surface area contributed by atoms with Gasteiger partial charge in [-0.1, -0.05) is 78.1 Å². The second-order valence-corrected chi connectivity index (χ2v) is 8.75. The van der Waals surface area contributed by atoms with Crippen LogP contribution in [-0.4, -0.2) is 36.9 Å². The Kier molecular flexibility index (Phi) is 11.0. The van der Waals surface area contributed by atoms with Gasteiger partial charge in [0.1, 0.15) is 5.92 Å². The molecule has 0 aromatic rings. The summed E-state index contributed by atoms with van der Waals surface area (Å²) in [6.07, 6.45) is 15.9. The second-order valence-electron chi connectivity index (χ2n) is 8.75. The van der Waals surface area contributed by atoms with E-state index in [4.69, 9.17) is 14.2 Å². The van der Waals surface area contributed by atoms with E-state index in [1.54, 1.807) is 0 Å². The Morgan fingerprint density at radius 1 is 0.828 bits per heavy atom. The van der Waals surface area contributed by atoms with E-state index >= 15 is 0 Å². The van der Waals surface area contributed by atoms with E-state index in [1.807, 2.05) is 0 Å². The minimum absolute atomic E-state index is 0.178. The van der Waals surface area contributed by atoms with Gasteiger partial charge in [0, 0.05) is 0 Å². The fourth-order valence-electron chi connectivity index (χ4n) is 4.58. The lowest BCUT2D eigenvalue weighted by atomic mass is 9.67. The molecule has 3 rings (SSSR count). The molecule has 0 amide bonds. The number of carbonyl (C=O) groups is 2. The van der Waals surface area contributed by atoms with Crippen LogP contribution in [0.4, 0.5) is 0 Å². The topological polar surface area (TPSA) is 61.8 Å². The molecular formula is C24H42O5. The van der Waals surface area contributed by atoms with Crippen LogP contribution in [0.15, 0.2) is 0 Å². The third kappa shape index (κ3) is 6.97. The van der Waals surface area contributed by atoms with Gasteiger partial charge < -0.3 is 14.2 Å². The predicted octanol–water partition coefficient (Wildman–Crippen LogP) is 5.73. The molecule has 3 aliphatic rings. The zero-order chi connectivity index (χ0) is 21.0. The molecule has 2 heterocycles. The van der Waals surface area contributed by atoms with Crippen molar-refractivity contribution in [2.24, 2.45) is 5.92 Å². The SMILES string of the molecule is CCCCCCCCOC(=O)C1C2CCCC1(C(=O)OCCCCCCCC)O2. The molecule has 5 heteroatoms. The Labute approximate surface area is 177 Å². The Morgan fingerprint density at radius 3 is 1.97 bits per heavy atom. The summed E-state index contributed by atoms with van der Waals surface area (Å²) >= 11 is 0. The average molecular weight is 411 g/mol. The molecule has 168 valence electrons. The van der Waals surface area contributed by atoms with E-state index in [2.05, 4.69) is 13.8 Å². The first-order chi connectivity index (χ1) is 14.2. The summed E-state index contributed by atoms with van der Waals surface area (Å²) in [4.78, 5) is 25.4. The van der Waals surface area contributed by atoms with Crippen LogP contribution in [0, 0.1) is 5.92 Å². The summed E-state index contributed by atoms with van der Waals surface area (Å²) in [6.45, 7) is 5.26. The highest BCUT2D eigenvalue weighted by Crippen LogP contribution is 2.50. The fourth-order valence-corrected chi connectivity index (χ4v) is 4.58. The van der Waals surface area contributed by atoms with Gasteiger partial charge in [0.05, 0.1) is 19.3 Å². The molecule has 0 aromatic heterocycles. The monoisotopic (exact) mass is 410 g/mol. The molecule has 3 unspecified atom stereocenters. The lowest BCUT2D eigenvalue weighted by Crippen LogP contribution is -2.70. The summed E-state index contributed by atoms with van der Waals surface area (Å²) in [5, 5.41) is 0. The van der Waals surface area contributed by atoms with Gasteiger partial charge in [-0.15, -0.1) is 0 Å². The number of ether oxygens (including phenoxy) is 3. The fraction of sp³-hybridized carbons (Fsp3) is 0.917. The predicted molar refractivity (Wildman–Crippen MR) is 114 cm³/mol. The van der Waals surface area contributed by atoms with E-state index < -0.39 is 11.5 Å². The molecule has 0 spiro atoms. The second kappa shape index (κ2) is 13.3. The number of fused-ring (bicyclic) bond motifs is 2. The highest BCUT2D eigenvalue weighted by molar-refractivity contribution is 5.90. The third-order valence-corrected chi connectivity index (χ3v) is 6.35. The van der Waals surface area contributed by atoms with Crippen molar-refractivity contribution in [3.05, 3.63) is 0 Å². The molecule has 2 bridgehead atoms. The summed E-state index contributed by atoms with van der Waals surface area (Å²) in [5.74, 6) is -1.11. The minimum atomic E-state index is -1.08. The highest BCUT2D eigenvalue weighted by atomic mass is 16.6. The van der Waals surface area contributed by atoms with E-state index in [9.17, 15) is 9.59 Å². The number of esters is 2. The third-order valence-electron chi connectivity index (χ3n) is 6.35.